The summed E-state index contributed by atoms with van der Waals surface area (Å²) in [5.74, 6) is 0.904. The van der Waals surface area contributed by atoms with Crippen molar-refractivity contribution in [1.29, 1.82) is 0 Å². The zero-order valence-corrected chi connectivity index (χ0v) is 14.9. The van der Waals surface area contributed by atoms with Crippen molar-refractivity contribution >= 4 is 26.0 Å². The summed E-state index contributed by atoms with van der Waals surface area (Å²) in [5, 5.41) is 0. The summed E-state index contributed by atoms with van der Waals surface area (Å²) in [4.78, 5) is 2.47. The van der Waals surface area contributed by atoms with Crippen LogP contribution in [0.5, 0.6) is 5.75 Å². The van der Waals surface area contributed by atoms with E-state index in [9.17, 15) is 8.42 Å². The van der Waals surface area contributed by atoms with E-state index in [0.717, 1.165) is 19.5 Å². The monoisotopic (exact) mass is 376 g/mol. The summed E-state index contributed by atoms with van der Waals surface area (Å²) in [6, 6.07) is 4.76. The Morgan fingerprint density at radius 2 is 2.14 bits per heavy atom. The standard InChI is InChI=1S/C14H21BrN2O3S/c1-10-9-17(2)7-6-13(10)16-21(18,19)11-4-5-14(20-3)12(15)8-11/h4-5,8,10,13,16H,6-7,9H2,1-3H3. The fraction of sp³-hybridized carbons (Fsp3) is 0.571. The molecule has 7 heteroatoms. The van der Waals surface area contributed by atoms with Gasteiger partial charge in [-0.05, 0) is 60.1 Å². The van der Waals surface area contributed by atoms with E-state index in [1.54, 1.807) is 25.3 Å². The lowest BCUT2D eigenvalue weighted by Gasteiger charge is -2.34. The average molecular weight is 377 g/mol. The van der Waals surface area contributed by atoms with Gasteiger partial charge in [0.1, 0.15) is 5.75 Å². The SMILES string of the molecule is COc1ccc(S(=O)(=O)NC2CCN(C)CC2C)cc1Br. The highest BCUT2D eigenvalue weighted by atomic mass is 79.9. The fourth-order valence-corrected chi connectivity index (χ4v) is 4.71. The van der Waals surface area contributed by atoms with Crippen LogP contribution in [0.4, 0.5) is 0 Å². The number of benzene rings is 1. The molecule has 2 atom stereocenters. The lowest BCUT2D eigenvalue weighted by atomic mass is 9.95. The Hall–Kier alpha value is -0.630. The number of hydrogen-bond acceptors (Lipinski definition) is 4. The van der Waals surface area contributed by atoms with Gasteiger partial charge in [-0.15, -0.1) is 0 Å². The zero-order chi connectivity index (χ0) is 15.6. The first-order chi connectivity index (χ1) is 9.83. The van der Waals surface area contributed by atoms with E-state index >= 15 is 0 Å². The van der Waals surface area contributed by atoms with Crippen molar-refractivity contribution < 1.29 is 13.2 Å². The lowest BCUT2D eigenvalue weighted by Crippen LogP contribution is -2.48. The summed E-state index contributed by atoms with van der Waals surface area (Å²) in [6.07, 6.45) is 0.828. The number of halogens is 1. The number of ether oxygens (including phenoxy) is 1. The highest BCUT2D eigenvalue weighted by Crippen LogP contribution is 2.28. The summed E-state index contributed by atoms with van der Waals surface area (Å²) in [6.45, 7) is 3.89. The van der Waals surface area contributed by atoms with Crippen LogP contribution in [0.15, 0.2) is 27.6 Å². The number of nitrogens with zero attached hydrogens (tertiary/aromatic N) is 1. The van der Waals surface area contributed by atoms with Crippen LogP contribution in [0, 0.1) is 5.92 Å². The van der Waals surface area contributed by atoms with E-state index in [2.05, 4.69) is 39.5 Å². The quantitative estimate of drug-likeness (QED) is 0.873. The third-order valence-corrected chi connectivity index (χ3v) is 5.96. The number of hydrogen-bond donors (Lipinski definition) is 1. The maximum absolute atomic E-state index is 12.5. The Morgan fingerprint density at radius 1 is 1.43 bits per heavy atom. The third-order valence-electron chi connectivity index (χ3n) is 3.85. The summed E-state index contributed by atoms with van der Waals surface area (Å²) < 4.78 is 33.6. The van der Waals surface area contributed by atoms with Gasteiger partial charge < -0.3 is 9.64 Å². The summed E-state index contributed by atoms with van der Waals surface area (Å²) >= 11 is 3.32. The van der Waals surface area contributed by atoms with Crippen LogP contribution in [-0.4, -0.2) is 46.6 Å². The molecule has 0 saturated carbocycles. The molecule has 0 amide bonds. The van der Waals surface area contributed by atoms with Crippen LogP contribution in [-0.2, 0) is 10.0 Å². The van der Waals surface area contributed by atoms with E-state index in [1.807, 2.05) is 0 Å². The molecular weight excluding hydrogens is 356 g/mol. The van der Waals surface area contributed by atoms with E-state index < -0.39 is 10.0 Å². The highest BCUT2D eigenvalue weighted by Gasteiger charge is 2.28. The molecule has 0 radical (unpaired) electrons. The van der Waals surface area contributed by atoms with Gasteiger partial charge in [-0.1, -0.05) is 6.92 Å². The molecule has 0 bridgehead atoms. The van der Waals surface area contributed by atoms with E-state index in [-0.39, 0.29) is 10.9 Å². The first kappa shape index (κ1) is 16.7. The molecule has 1 aliphatic rings. The van der Waals surface area contributed by atoms with Crippen molar-refractivity contribution in [2.45, 2.75) is 24.3 Å². The normalized spacial score (nSPS) is 24.0. The Morgan fingerprint density at radius 3 is 2.71 bits per heavy atom. The number of rotatable bonds is 4. The number of methoxy groups -OCH3 is 1. The minimum Gasteiger partial charge on any atom is -0.496 e. The molecule has 1 heterocycles. The fourth-order valence-electron chi connectivity index (χ4n) is 2.61. The maximum Gasteiger partial charge on any atom is 0.240 e. The van der Waals surface area contributed by atoms with Gasteiger partial charge in [0.25, 0.3) is 0 Å². The molecule has 2 rings (SSSR count). The van der Waals surface area contributed by atoms with E-state index in [0.29, 0.717) is 16.1 Å². The van der Waals surface area contributed by atoms with Crippen molar-refractivity contribution in [2.75, 3.05) is 27.2 Å². The number of nitrogens with one attached hydrogen (secondary N) is 1. The minimum atomic E-state index is -3.51. The Labute approximate surface area is 134 Å². The molecule has 1 saturated heterocycles. The second-order valence-electron chi connectivity index (χ2n) is 5.55. The molecule has 1 fully saturated rings. The largest absolute Gasteiger partial charge is 0.496 e. The van der Waals surface area contributed by atoms with Gasteiger partial charge in [-0.25, -0.2) is 13.1 Å². The summed E-state index contributed by atoms with van der Waals surface area (Å²) in [7, 11) is 0.0938. The molecule has 1 aliphatic heterocycles. The molecule has 1 aromatic rings. The summed E-state index contributed by atoms with van der Waals surface area (Å²) in [5.41, 5.74) is 0. The van der Waals surface area contributed by atoms with Crippen molar-refractivity contribution in [2.24, 2.45) is 5.92 Å². The Bertz CT molecular complexity index is 606. The van der Waals surface area contributed by atoms with Gasteiger partial charge in [0, 0.05) is 12.6 Å². The molecule has 0 spiro atoms. The number of likely N-dealkylation sites (tertiary alicyclic amines) is 1. The second-order valence-corrected chi connectivity index (χ2v) is 8.12. The average Bonchev–Trinajstić information content (AvgIpc) is 2.42. The van der Waals surface area contributed by atoms with Crippen LogP contribution < -0.4 is 9.46 Å². The first-order valence-electron chi connectivity index (χ1n) is 6.88. The van der Waals surface area contributed by atoms with Crippen molar-refractivity contribution in [1.82, 2.24) is 9.62 Å². The van der Waals surface area contributed by atoms with Gasteiger partial charge in [-0.3, -0.25) is 0 Å². The zero-order valence-electron chi connectivity index (χ0n) is 12.5. The molecule has 1 N–H and O–H groups in total. The topological polar surface area (TPSA) is 58.6 Å². The smallest absolute Gasteiger partial charge is 0.240 e. The molecule has 2 unspecified atom stereocenters. The van der Waals surface area contributed by atoms with E-state index in [4.69, 9.17) is 4.74 Å². The number of sulfonamides is 1. The molecule has 0 aliphatic carbocycles. The maximum atomic E-state index is 12.5. The lowest BCUT2D eigenvalue weighted by molar-refractivity contribution is 0.188. The van der Waals surface area contributed by atoms with Gasteiger partial charge in [-0.2, -0.15) is 0 Å². The first-order valence-corrected chi connectivity index (χ1v) is 9.15. The molecule has 118 valence electrons. The van der Waals surface area contributed by atoms with Gasteiger partial charge in [0.15, 0.2) is 0 Å². The van der Waals surface area contributed by atoms with Crippen molar-refractivity contribution in [3.8, 4) is 5.75 Å². The van der Waals surface area contributed by atoms with Crippen molar-refractivity contribution in [3.05, 3.63) is 22.7 Å². The molecular formula is C14H21BrN2O3S. The minimum absolute atomic E-state index is 0.0212. The second kappa shape index (κ2) is 6.64. The van der Waals surface area contributed by atoms with Crippen LogP contribution in [0.2, 0.25) is 0 Å². The van der Waals surface area contributed by atoms with Crippen LogP contribution >= 0.6 is 15.9 Å². The van der Waals surface area contributed by atoms with Crippen LogP contribution in [0.1, 0.15) is 13.3 Å². The van der Waals surface area contributed by atoms with E-state index in [1.165, 1.54) is 0 Å². The third kappa shape index (κ3) is 3.97. The molecule has 5 nitrogen and oxygen atoms in total. The predicted octanol–water partition coefficient (Wildman–Crippen LogP) is 2.08. The molecule has 1 aromatic carbocycles. The Balaban J connectivity index is 2.17. The van der Waals surface area contributed by atoms with Crippen molar-refractivity contribution in [3.63, 3.8) is 0 Å². The molecule has 21 heavy (non-hydrogen) atoms. The van der Waals surface area contributed by atoms with Crippen LogP contribution in [0.3, 0.4) is 0 Å². The van der Waals surface area contributed by atoms with Gasteiger partial charge in [0.2, 0.25) is 10.0 Å². The molecule has 0 aromatic heterocycles. The number of piperidine rings is 1. The van der Waals surface area contributed by atoms with Crippen LogP contribution in [0.25, 0.3) is 0 Å². The van der Waals surface area contributed by atoms with Gasteiger partial charge in [0.05, 0.1) is 16.5 Å². The highest BCUT2D eigenvalue weighted by molar-refractivity contribution is 9.10. The Kier molecular flexibility index (Phi) is 5.29. The predicted molar refractivity (Wildman–Crippen MR) is 86.1 cm³/mol. The van der Waals surface area contributed by atoms with Gasteiger partial charge >= 0.3 is 0 Å².